The van der Waals surface area contributed by atoms with Crippen molar-refractivity contribution in [1.82, 2.24) is 15.1 Å². The lowest BCUT2D eigenvalue weighted by Gasteiger charge is -2.23. The van der Waals surface area contributed by atoms with Crippen LogP contribution in [0.2, 0.25) is 0 Å². The summed E-state index contributed by atoms with van der Waals surface area (Å²) in [5, 5.41) is 16.1. The minimum Gasteiger partial charge on any atom is -0.347 e. The first-order valence-electron chi connectivity index (χ1n) is 8.27. The highest BCUT2D eigenvalue weighted by Crippen LogP contribution is 2.21. The van der Waals surface area contributed by atoms with Crippen LogP contribution in [0.5, 0.6) is 0 Å². The van der Waals surface area contributed by atoms with E-state index in [1.807, 2.05) is 19.9 Å². The maximum absolute atomic E-state index is 13.1. The maximum atomic E-state index is 13.1. The Kier molecular flexibility index (Phi) is 5.88. The summed E-state index contributed by atoms with van der Waals surface area (Å²) in [7, 11) is 0. The number of aromatic nitrogens is 2. The van der Waals surface area contributed by atoms with Gasteiger partial charge in [0.05, 0.1) is 11.7 Å². The molecule has 0 bridgehead atoms. The number of amides is 1. The van der Waals surface area contributed by atoms with Crippen molar-refractivity contribution in [1.29, 1.82) is 5.26 Å². The van der Waals surface area contributed by atoms with E-state index in [2.05, 4.69) is 10.4 Å². The number of aryl methyl sites for hydroxylation is 1. The van der Waals surface area contributed by atoms with Crippen LogP contribution in [-0.2, 0) is 11.3 Å². The molecule has 0 aliphatic carbocycles. The number of rotatable bonds is 5. The Morgan fingerprint density at radius 1 is 1.31 bits per heavy atom. The minimum atomic E-state index is -0.589. The van der Waals surface area contributed by atoms with E-state index in [1.165, 1.54) is 12.1 Å². The van der Waals surface area contributed by atoms with Gasteiger partial charge in [0.1, 0.15) is 24.0 Å². The van der Waals surface area contributed by atoms with Crippen molar-refractivity contribution in [2.45, 2.75) is 40.3 Å². The van der Waals surface area contributed by atoms with Gasteiger partial charge in [-0.25, -0.2) is 9.07 Å². The van der Waals surface area contributed by atoms with Crippen molar-refractivity contribution in [3.8, 4) is 6.07 Å². The zero-order valence-electron chi connectivity index (χ0n) is 15.2. The number of nitrogens with zero attached hydrogens (tertiary/aromatic N) is 3. The van der Waals surface area contributed by atoms with Gasteiger partial charge >= 0.3 is 0 Å². The Bertz CT molecular complexity index is 911. The number of nitriles is 1. The maximum Gasteiger partial charge on any atom is 0.285 e. The molecule has 1 amide bonds. The molecule has 7 heteroatoms. The first kappa shape index (κ1) is 19.3. The molecule has 6 nitrogen and oxygen atoms in total. The second-order valence-electron chi connectivity index (χ2n) is 6.50. The Morgan fingerprint density at radius 3 is 2.46 bits per heavy atom. The molecule has 1 heterocycles. The van der Waals surface area contributed by atoms with Crippen LogP contribution in [0.25, 0.3) is 0 Å². The summed E-state index contributed by atoms with van der Waals surface area (Å²) in [5.74, 6) is -0.698. The molecule has 0 spiro atoms. The molecule has 0 saturated heterocycles. The van der Waals surface area contributed by atoms with Crippen molar-refractivity contribution in [2.24, 2.45) is 5.92 Å². The molecule has 1 atom stereocenters. The van der Waals surface area contributed by atoms with Gasteiger partial charge in [-0.05, 0) is 43.0 Å². The van der Waals surface area contributed by atoms with E-state index in [0.717, 1.165) is 10.2 Å². The van der Waals surface area contributed by atoms with Crippen LogP contribution in [0.15, 0.2) is 29.1 Å². The fourth-order valence-electron chi connectivity index (χ4n) is 2.67. The summed E-state index contributed by atoms with van der Waals surface area (Å²) in [6.07, 6.45) is 0. The van der Waals surface area contributed by atoms with E-state index >= 15 is 0 Å². The minimum absolute atomic E-state index is 0.00996. The van der Waals surface area contributed by atoms with Gasteiger partial charge in [-0.15, -0.1) is 0 Å². The SMILES string of the molecule is Cc1nn(CC(=O)N[C@H](c2ccc(F)cc2)C(C)C)c(=O)c(C#N)c1C. The predicted molar refractivity (Wildman–Crippen MR) is 94.8 cm³/mol. The fraction of sp³-hybridized carbons (Fsp3) is 0.368. The summed E-state index contributed by atoms with van der Waals surface area (Å²) in [6, 6.07) is 7.45. The van der Waals surface area contributed by atoms with E-state index in [4.69, 9.17) is 5.26 Å². The summed E-state index contributed by atoms with van der Waals surface area (Å²) in [5.41, 5.74) is 1.21. The molecule has 26 heavy (non-hydrogen) atoms. The van der Waals surface area contributed by atoms with Crippen molar-refractivity contribution in [3.63, 3.8) is 0 Å². The van der Waals surface area contributed by atoms with Gasteiger partial charge in [0, 0.05) is 0 Å². The zero-order chi connectivity index (χ0) is 19.4. The second kappa shape index (κ2) is 7.91. The summed E-state index contributed by atoms with van der Waals surface area (Å²) in [4.78, 5) is 24.7. The third-order valence-electron chi connectivity index (χ3n) is 4.25. The number of hydrogen-bond donors (Lipinski definition) is 1. The van der Waals surface area contributed by atoms with E-state index in [-0.39, 0.29) is 29.9 Å². The summed E-state index contributed by atoms with van der Waals surface area (Å²) < 4.78 is 14.1. The standard InChI is InChI=1S/C19H21FN4O2/c1-11(2)18(14-5-7-15(20)8-6-14)22-17(25)10-24-19(26)16(9-21)12(3)13(4)23-24/h5-8,11,18H,10H2,1-4H3,(H,22,25)/t18-/m0/s1. The molecule has 0 aliphatic heterocycles. The number of benzene rings is 1. The molecule has 1 N–H and O–H groups in total. The molecular weight excluding hydrogens is 335 g/mol. The molecule has 1 aromatic carbocycles. The van der Waals surface area contributed by atoms with E-state index in [9.17, 15) is 14.0 Å². The third-order valence-corrected chi connectivity index (χ3v) is 4.25. The third kappa shape index (κ3) is 4.14. The van der Waals surface area contributed by atoms with Crippen LogP contribution < -0.4 is 10.9 Å². The average molecular weight is 356 g/mol. The Balaban J connectivity index is 2.24. The van der Waals surface area contributed by atoms with Gasteiger partial charge in [-0.1, -0.05) is 26.0 Å². The average Bonchev–Trinajstić information content (AvgIpc) is 2.59. The fourth-order valence-corrected chi connectivity index (χ4v) is 2.67. The lowest BCUT2D eigenvalue weighted by atomic mass is 9.96. The summed E-state index contributed by atoms with van der Waals surface area (Å²) >= 11 is 0. The molecule has 2 rings (SSSR count). The van der Waals surface area contributed by atoms with E-state index < -0.39 is 11.5 Å². The zero-order valence-corrected chi connectivity index (χ0v) is 15.2. The molecule has 0 saturated carbocycles. The quantitative estimate of drug-likeness (QED) is 0.891. The van der Waals surface area contributed by atoms with Gasteiger partial charge in [0.15, 0.2) is 0 Å². The number of halogens is 1. The first-order valence-corrected chi connectivity index (χ1v) is 8.27. The Hall–Kier alpha value is -3.01. The van der Waals surface area contributed by atoms with Crippen molar-refractivity contribution < 1.29 is 9.18 Å². The molecule has 2 aromatic rings. The number of hydrogen-bond acceptors (Lipinski definition) is 4. The topological polar surface area (TPSA) is 87.8 Å². The van der Waals surface area contributed by atoms with E-state index in [1.54, 1.807) is 26.0 Å². The lowest BCUT2D eigenvalue weighted by Crippen LogP contribution is -2.38. The molecule has 1 aromatic heterocycles. The van der Waals surface area contributed by atoms with Crippen molar-refractivity contribution in [3.05, 3.63) is 62.8 Å². The lowest BCUT2D eigenvalue weighted by molar-refractivity contribution is -0.123. The van der Waals surface area contributed by atoms with Crippen LogP contribution in [0.1, 0.15) is 42.3 Å². The van der Waals surface area contributed by atoms with Crippen molar-refractivity contribution in [2.75, 3.05) is 0 Å². The van der Waals surface area contributed by atoms with Gasteiger partial charge < -0.3 is 5.32 Å². The Labute approximate surface area is 151 Å². The van der Waals surface area contributed by atoms with Gasteiger partial charge in [-0.3, -0.25) is 9.59 Å². The summed E-state index contributed by atoms with van der Waals surface area (Å²) in [6.45, 7) is 6.90. The highest BCUT2D eigenvalue weighted by Gasteiger charge is 2.20. The highest BCUT2D eigenvalue weighted by molar-refractivity contribution is 5.76. The molecule has 0 unspecified atom stereocenters. The van der Waals surface area contributed by atoms with Crippen LogP contribution in [0.3, 0.4) is 0 Å². The van der Waals surface area contributed by atoms with Crippen LogP contribution in [0, 0.1) is 36.9 Å². The smallest absolute Gasteiger partial charge is 0.285 e. The normalized spacial score (nSPS) is 11.9. The van der Waals surface area contributed by atoms with Crippen LogP contribution in [-0.4, -0.2) is 15.7 Å². The largest absolute Gasteiger partial charge is 0.347 e. The molecule has 136 valence electrons. The molecule has 0 radical (unpaired) electrons. The van der Waals surface area contributed by atoms with Crippen LogP contribution >= 0.6 is 0 Å². The monoisotopic (exact) mass is 356 g/mol. The first-order chi connectivity index (χ1) is 12.2. The highest BCUT2D eigenvalue weighted by atomic mass is 19.1. The van der Waals surface area contributed by atoms with Gasteiger partial charge in [-0.2, -0.15) is 10.4 Å². The number of carbonyl (C=O) groups is 1. The van der Waals surface area contributed by atoms with Crippen LogP contribution in [0.4, 0.5) is 4.39 Å². The van der Waals surface area contributed by atoms with Gasteiger partial charge in [0.25, 0.3) is 5.56 Å². The van der Waals surface area contributed by atoms with Crippen molar-refractivity contribution >= 4 is 5.91 Å². The second-order valence-corrected chi connectivity index (χ2v) is 6.50. The molecule has 0 fully saturated rings. The number of carbonyl (C=O) groups excluding carboxylic acids is 1. The Morgan fingerprint density at radius 2 is 1.92 bits per heavy atom. The molecular formula is C19H21FN4O2. The number of nitrogens with one attached hydrogen (secondary N) is 1. The predicted octanol–water partition coefficient (Wildman–Crippen LogP) is 2.38. The van der Waals surface area contributed by atoms with E-state index in [0.29, 0.717) is 11.3 Å². The van der Waals surface area contributed by atoms with Gasteiger partial charge in [0.2, 0.25) is 5.91 Å². The molecule has 0 aliphatic rings.